The number of hydrogen-bond donors (Lipinski definition) is 2. The summed E-state index contributed by atoms with van der Waals surface area (Å²) in [5.74, 6) is 1.50. The summed E-state index contributed by atoms with van der Waals surface area (Å²) in [4.78, 5) is 4.47. The average molecular weight is 352 g/mol. The zero-order valence-electron chi connectivity index (χ0n) is 14.5. The summed E-state index contributed by atoms with van der Waals surface area (Å²) in [5, 5.41) is 19.1. The molecule has 140 valence electrons. The first kappa shape index (κ1) is 18.4. The molecule has 2 heterocycles. The Morgan fingerprint density at radius 1 is 1.12 bits per heavy atom. The molecule has 0 aliphatic carbocycles. The van der Waals surface area contributed by atoms with Crippen LogP contribution >= 0.6 is 0 Å². The van der Waals surface area contributed by atoms with Crippen LogP contribution < -0.4 is 9.47 Å². The van der Waals surface area contributed by atoms with Crippen molar-refractivity contribution < 1.29 is 24.4 Å². The van der Waals surface area contributed by atoms with Gasteiger partial charge in [0, 0.05) is 39.3 Å². The summed E-state index contributed by atoms with van der Waals surface area (Å²) in [5.41, 5.74) is 0. The molecular weight excluding hydrogens is 324 g/mol. The van der Waals surface area contributed by atoms with Crippen molar-refractivity contribution in [1.29, 1.82) is 0 Å². The summed E-state index contributed by atoms with van der Waals surface area (Å²) in [7, 11) is 0. The van der Waals surface area contributed by atoms with Crippen molar-refractivity contribution in [2.75, 3.05) is 65.7 Å². The minimum Gasteiger partial charge on any atom is -0.486 e. The Kier molecular flexibility index (Phi) is 6.89. The molecule has 7 heteroatoms. The molecular formula is C18H28N2O5. The zero-order valence-corrected chi connectivity index (χ0v) is 14.5. The normalized spacial score (nSPS) is 22.7. The molecule has 25 heavy (non-hydrogen) atoms. The molecule has 0 bridgehead atoms. The van der Waals surface area contributed by atoms with Gasteiger partial charge in [0.15, 0.2) is 17.6 Å². The van der Waals surface area contributed by atoms with Crippen LogP contribution in [0.25, 0.3) is 0 Å². The molecule has 3 rings (SSSR count). The van der Waals surface area contributed by atoms with E-state index in [0.717, 1.165) is 44.2 Å². The van der Waals surface area contributed by atoms with E-state index in [9.17, 15) is 5.11 Å². The van der Waals surface area contributed by atoms with E-state index in [4.69, 9.17) is 19.3 Å². The fraction of sp³-hybridized carbons (Fsp3) is 0.667. The Hall–Kier alpha value is -1.38. The molecule has 0 saturated carbocycles. The highest BCUT2D eigenvalue weighted by atomic mass is 16.6. The van der Waals surface area contributed by atoms with E-state index in [0.29, 0.717) is 26.4 Å². The van der Waals surface area contributed by atoms with Crippen molar-refractivity contribution in [3.8, 4) is 11.5 Å². The van der Waals surface area contributed by atoms with Gasteiger partial charge in [-0.05, 0) is 12.1 Å². The topological polar surface area (TPSA) is 74.6 Å². The van der Waals surface area contributed by atoms with Gasteiger partial charge in [-0.2, -0.15) is 0 Å². The van der Waals surface area contributed by atoms with Crippen LogP contribution in [0, 0.1) is 0 Å². The first-order valence-corrected chi connectivity index (χ1v) is 8.94. The number of aliphatic hydroxyl groups is 2. The minimum absolute atomic E-state index is 0.149. The third-order valence-electron chi connectivity index (χ3n) is 4.53. The van der Waals surface area contributed by atoms with E-state index >= 15 is 0 Å². The summed E-state index contributed by atoms with van der Waals surface area (Å²) >= 11 is 0. The molecule has 0 unspecified atom stereocenters. The van der Waals surface area contributed by atoms with Crippen LogP contribution in [0.15, 0.2) is 24.3 Å². The lowest BCUT2D eigenvalue weighted by molar-refractivity contribution is -0.0322. The third kappa shape index (κ3) is 5.55. The van der Waals surface area contributed by atoms with Crippen LogP contribution in [-0.2, 0) is 4.74 Å². The van der Waals surface area contributed by atoms with Gasteiger partial charge >= 0.3 is 0 Å². The maximum absolute atomic E-state index is 10.2. The predicted octanol–water partition coefficient (Wildman–Crippen LogP) is -0.186. The first-order chi connectivity index (χ1) is 12.2. The number of hydrogen-bond acceptors (Lipinski definition) is 7. The van der Waals surface area contributed by atoms with Gasteiger partial charge in [-0.1, -0.05) is 12.1 Å². The molecule has 1 saturated heterocycles. The number of fused-ring (bicyclic) bond motifs is 1. The number of rotatable bonds is 8. The highest BCUT2D eigenvalue weighted by Crippen LogP contribution is 2.30. The number of piperazine rings is 1. The van der Waals surface area contributed by atoms with Gasteiger partial charge in [-0.25, -0.2) is 0 Å². The van der Waals surface area contributed by atoms with E-state index in [1.54, 1.807) is 0 Å². The number of para-hydroxylation sites is 2. The number of aliphatic hydroxyl groups excluding tert-OH is 2. The van der Waals surface area contributed by atoms with Crippen molar-refractivity contribution >= 4 is 0 Å². The van der Waals surface area contributed by atoms with Crippen LogP contribution in [-0.4, -0.2) is 97.9 Å². The fourth-order valence-electron chi connectivity index (χ4n) is 3.17. The Morgan fingerprint density at radius 3 is 2.60 bits per heavy atom. The molecule has 2 atom stereocenters. The Labute approximate surface area is 148 Å². The van der Waals surface area contributed by atoms with Crippen LogP contribution in [0.1, 0.15) is 0 Å². The average Bonchev–Trinajstić information content (AvgIpc) is 2.63. The van der Waals surface area contributed by atoms with Crippen LogP contribution in [0.3, 0.4) is 0 Å². The predicted molar refractivity (Wildman–Crippen MR) is 93.1 cm³/mol. The smallest absolute Gasteiger partial charge is 0.161 e. The summed E-state index contributed by atoms with van der Waals surface area (Å²) < 4.78 is 17.1. The van der Waals surface area contributed by atoms with Gasteiger partial charge in [-0.3, -0.25) is 9.80 Å². The monoisotopic (exact) mass is 352 g/mol. The molecule has 1 aromatic rings. The van der Waals surface area contributed by atoms with Crippen molar-refractivity contribution in [2.24, 2.45) is 0 Å². The van der Waals surface area contributed by atoms with Gasteiger partial charge in [0.2, 0.25) is 0 Å². The molecule has 2 N–H and O–H groups in total. The quantitative estimate of drug-likeness (QED) is 0.672. The van der Waals surface area contributed by atoms with Crippen LogP contribution in [0.5, 0.6) is 11.5 Å². The van der Waals surface area contributed by atoms with Crippen molar-refractivity contribution in [2.45, 2.75) is 12.2 Å². The molecule has 2 aliphatic rings. The second-order valence-electron chi connectivity index (χ2n) is 6.55. The number of β-amino-alcohol motifs (C(OH)–C–C–N with tert-alkyl or cyclic N) is 2. The number of nitrogens with zero attached hydrogens (tertiary/aromatic N) is 2. The number of ether oxygens (including phenoxy) is 3. The molecule has 1 aromatic carbocycles. The minimum atomic E-state index is -0.513. The molecule has 0 spiro atoms. The lowest BCUT2D eigenvalue weighted by atomic mass is 10.2. The fourth-order valence-corrected chi connectivity index (χ4v) is 3.17. The number of benzene rings is 1. The van der Waals surface area contributed by atoms with Gasteiger partial charge in [0.05, 0.1) is 25.9 Å². The van der Waals surface area contributed by atoms with Crippen LogP contribution in [0.4, 0.5) is 0 Å². The van der Waals surface area contributed by atoms with E-state index in [1.165, 1.54) is 0 Å². The van der Waals surface area contributed by atoms with Crippen LogP contribution in [0.2, 0.25) is 0 Å². The Balaban J connectivity index is 1.30. The second-order valence-corrected chi connectivity index (χ2v) is 6.55. The van der Waals surface area contributed by atoms with Gasteiger partial charge in [0.25, 0.3) is 0 Å². The van der Waals surface area contributed by atoms with Crippen molar-refractivity contribution in [3.05, 3.63) is 24.3 Å². The SMILES string of the molecule is OCCN1CCN(C[C@@H](O)COC[C@@H]2COc3ccccc3O2)CC1. The van der Waals surface area contributed by atoms with Gasteiger partial charge in [0.1, 0.15) is 6.61 Å². The van der Waals surface area contributed by atoms with Crippen molar-refractivity contribution in [1.82, 2.24) is 9.80 Å². The highest BCUT2D eigenvalue weighted by molar-refractivity contribution is 5.40. The Morgan fingerprint density at radius 2 is 1.84 bits per heavy atom. The van der Waals surface area contributed by atoms with Gasteiger partial charge in [-0.15, -0.1) is 0 Å². The molecule has 0 radical (unpaired) electrons. The van der Waals surface area contributed by atoms with E-state index in [-0.39, 0.29) is 12.7 Å². The highest BCUT2D eigenvalue weighted by Gasteiger charge is 2.22. The first-order valence-electron chi connectivity index (χ1n) is 8.94. The molecule has 2 aliphatic heterocycles. The third-order valence-corrected chi connectivity index (χ3v) is 4.53. The summed E-state index contributed by atoms with van der Waals surface area (Å²) in [6, 6.07) is 7.59. The molecule has 0 aromatic heterocycles. The van der Waals surface area contributed by atoms with E-state index in [1.807, 2.05) is 24.3 Å². The summed E-state index contributed by atoms with van der Waals surface area (Å²) in [6.45, 7) is 6.37. The molecule has 1 fully saturated rings. The maximum Gasteiger partial charge on any atom is 0.161 e. The van der Waals surface area contributed by atoms with E-state index in [2.05, 4.69) is 9.80 Å². The Bertz CT molecular complexity index is 522. The largest absolute Gasteiger partial charge is 0.486 e. The molecule has 0 amide bonds. The zero-order chi connectivity index (χ0) is 17.5. The maximum atomic E-state index is 10.2. The second kappa shape index (κ2) is 9.35. The summed E-state index contributed by atoms with van der Waals surface area (Å²) in [6.07, 6.45) is -0.662. The molecule has 7 nitrogen and oxygen atoms in total. The lowest BCUT2D eigenvalue weighted by Gasteiger charge is -2.35. The van der Waals surface area contributed by atoms with Gasteiger partial charge < -0.3 is 24.4 Å². The van der Waals surface area contributed by atoms with Crippen molar-refractivity contribution in [3.63, 3.8) is 0 Å². The standard InChI is InChI=1S/C18H28N2O5/c21-10-9-19-5-7-20(8-6-19)11-15(22)12-23-13-16-14-24-17-3-1-2-4-18(17)25-16/h1-4,15-16,21-22H,5-14H2/t15-,16-/m1/s1. The van der Waals surface area contributed by atoms with E-state index < -0.39 is 6.10 Å². The lowest BCUT2D eigenvalue weighted by Crippen LogP contribution is -2.49.